The van der Waals surface area contributed by atoms with E-state index in [1.807, 2.05) is 31.2 Å². The van der Waals surface area contributed by atoms with E-state index in [9.17, 15) is 9.90 Å². The Morgan fingerprint density at radius 1 is 1.39 bits per heavy atom. The predicted molar refractivity (Wildman–Crippen MR) is 87.8 cm³/mol. The second kappa shape index (κ2) is 6.96. The Balaban J connectivity index is 1.58. The van der Waals surface area contributed by atoms with Crippen LogP contribution in [0, 0.1) is 6.92 Å². The Labute approximate surface area is 135 Å². The second-order valence-corrected chi connectivity index (χ2v) is 6.16. The van der Waals surface area contributed by atoms with Gasteiger partial charge in [0.25, 0.3) is 5.56 Å². The van der Waals surface area contributed by atoms with Gasteiger partial charge >= 0.3 is 0 Å². The Kier molecular flexibility index (Phi) is 4.76. The van der Waals surface area contributed by atoms with Crippen LogP contribution in [-0.4, -0.2) is 27.4 Å². The molecule has 23 heavy (non-hydrogen) atoms. The number of hydrogen-bond acceptors (Lipinski definition) is 4. The van der Waals surface area contributed by atoms with Gasteiger partial charge in [-0.1, -0.05) is 24.6 Å². The molecule has 0 bridgehead atoms. The van der Waals surface area contributed by atoms with Crippen LogP contribution in [0.3, 0.4) is 0 Å². The van der Waals surface area contributed by atoms with E-state index < -0.39 is 6.10 Å². The van der Waals surface area contributed by atoms with Gasteiger partial charge in [-0.15, -0.1) is 0 Å². The van der Waals surface area contributed by atoms with Crippen LogP contribution in [0.2, 0.25) is 0 Å². The Morgan fingerprint density at radius 3 is 2.83 bits per heavy atom. The van der Waals surface area contributed by atoms with Crippen molar-refractivity contribution >= 4 is 0 Å². The Hall–Kier alpha value is -2.14. The average molecular weight is 314 g/mol. The summed E-state index contributed by atoms with van der Waals surface area (Å²) in [6.07, 6.45) is 4.22. The van der Waals surface area contributed by atoms with Crippen molar-refractivity contribution in [2.45, 2.75) is 44.8 Å². The van der Waals surface area contributed by atoms with Crippen LogP contribution >= 0.6 is 0 Å². The van der Waals surface area contributed by atoms with Gasteiger partial charge < -0.3 is 9.84 Å². The van der Waals surface area contributed by atoms with Crippen LogP contribution in [0.25, 0.3) is 0 Å². The maximum absolute atomic E-state index is 12.1. The number of hydrogen-bond donors (Lipinski definition) is 1. The largest absolute Gasteiger partial charge is 0.491 e. The van der Waals surface area contributed by atoms with Crippen molar-refractivity contribution in [2.75, 3.05) is 6.61 Å². The number of aryl methyl sites for hydroxylation is 1. The van der Waals surface area contributed by atoms with Gasteiger partial charge in [0.1, 0.15) is 18.5 Å². The quantitative estimate of drug-likeness (QED) is 0.888. The molecule has 1 N–H and O–H groups in total. The molecule has 0 saturated heterocycles. The first-order chi connectivity index (χ1) is 11.1. The van der Waals surface area contributed by atoms with E-state index in [2.05, 4.69) is 4.98 Å². The molecule has 1 atom stereocenters. The summed E-state index contributed by atoms with van der Waals surface area (Å²) in [5.74, 6) is 1.18. The second-order valence-electron chi connectivity index (χ2n) is 6.16. The molecule has 5 nitrogen and oxygen atoms in total. The van der Waals surface area contributed by atoms with Crippen molar-refractivity contribution in [3.8, 4) is 5.75 Å². The monoisotopic (exact) mass is 314 g/mol. The van der Waals surface area contributed by atoms with Gasteiger partial charge in [-0.3, -0.25) is 9.36 Å². The molecular formula is C18H22N2O3. The summed E-state index contributed by atoms with van der Waals surface area (Å²) in [5, 5.41) is 10.1. The fourth-order valence-corrected chi connectivity index (χ4v) is 2.69. The van der Waals surface area contributed by atoms with Crippen LogP contribution in [-0.2, 0) is 6.54 Å². The SMILES string of the molecule is Cc1ccccc1OCC(O)Cn1cnc(C2CCC2)cc1=O. The van der Waals surface area contributed by atoms with E-state index in [1.165, 1.54) is 17.3 Å². The molecule has 1 unspecified atom stereocenters. The minimum absolute atomic E-state index is 0.114. The lowest BCUT2D eigenvalue weighted by atomic mass is 9.83. The van der Waals surface area contributed by atoms with Gasteiger partial charge in [0, 0.05) is 12.0 Å². The summed E-state index contributed by atoms with van der Waals surface area (Å²) in [7, 11) is 0. The van der Waals surface area contributed by atoms with E-state index in [0.29, 0.717) is 5.92 Å². The molecule has 1 aromatic heterocycles. The maximum atomic E-state index is 12.1. The molecule has 1 aromatic carbocycles. The standard InChI is InChI=1S/C18H22N2O3/c1-13-5-2-3-8-17(13)23-11-15(21)10-20-12-19-16(9-18(20)22)14-6-4-7-14/h2-3,5,8-9,12,14-15,21H,4,6-7,10-11H2,1H3. The van der Waals surface area contributed by atoms with Crippen molar-refractivity contribution in [1.82, 2.24) is 9.55 Å². The van der Waals surface area contributed by atoms with Crippen molar-refractivity contribution in [1.29, 1.82) is 0 Å². The summed E-state index contributed by atoms with van der Waals surface area (Å²) >= 11 is 0. The van der Waals surface area contributed by atoms with Gasteiger partial charge in [0.05, 0.1) is 18.6 Å². The number of benzene rings is 1. The molecule has 1 aliphatic carbocycles. The minimum Gasteiger partial charge on any atom is -0.491 e. The van der Waals surface area contributed by atoms with Crippen LogP contribution in [0.15, 0.2) is 41.5 Å². The molecule has 0 spiro atoms. The van der Waals surface area contributed by atoms with Crippen molar-refractivity contribution < 1.29 is 9.84 Å². The Morgan fingerprint density at radius 2 is 2.17 bits per heavy atom. The lowest BCUT2D eigenvalue weighted by Crippen LogP contribution is -2.31. The fraction of sp³-hybridized carbons (Fsp3) is 0.444. The first-order valence-electron chi connectivity index (χ1n) is 8.06. The third-order valence-corrected chi connectivity index (χ3v) is 4.36. The van der Waals surface area contributed by atoms with Gasteiger partial charge in [-0.05, 0) is 31.4 Å². The minimum atomic E-state index is -0.761. The maximum Gasteiger partial charge on any atom is 0.253 e. The third-order valence-electron chi connectivity index (χ3n) is 4.36. The summed E-state index contributed by atoms with van der Waals surface area (Å²) in [4.78, 5) is 16.5. The molecule has 1 heterocycles. The van der Waals surface area contributed by atoms with E-state index in [4.69, 9.17) is 4.74 Å². The van der Waals surface area contributed by atoms with Crippen molar-refractivity contribution in [2.24, 2.45) is 0 Å². The molecule has 0 amide bonds. The zero-order valence-electron chi connectivity index (χ0n) is 13.3. The van der Waals surface area contributed by atoms with Crippen LogP contribution in [0.5, 0.6) is 5.75 Å². The number of ether oxygens (including phenoxy) is 1. The molecule has 1 saturated carbocycles. The predicted octanol–water partition coefficient (Wildman–Crippen LogP) is 2.26. The highest BCUT2D eigenvalue weighted by molar-refractivity contribution is 5.31. The number of aromatic nitrogens is 2. The van der Waals surface area contributed by atoms with E-state index in [1.54, 1.807) is 6.07 Å². The van der Waals surface area contributed by atoms with Crippen molar-refractivity contribution in [3.05, 3.63) is 58.3 Å². The first kappa shape index (κ1) is 15.7. The number of para-hydroxylation sites is 1. The van der Waals surface area contributed by atoms with E-state index in [0.717, 1.165) is 29.8 Å². The summed E-state index contributed by atoms with van der Waals surface area (Å²) in [6.45, 7) is 2.28. The summed E-state index contributed by atoms with van der Waals surface area (Å²) in [6, 6.07) is 9.24. The number of rotatable bonds is 6. The molecule has 0 radical (unpaired) electrons. The third kappa shape index (κ3) is 3.79. The zero-order chi connectivity index (χ0) is 16.2. The topological polar surface area (TPSA) is 64.3 Å². The van der Waals surface area contributed by atoms with Crippen LogP contribution < -0.4 is 10.3 Å². The number of aliphatic hydroxyl groups is 1. The molecule has 1 aliphatic rings. The highest BCUT2D eigenvalue weighted by Gasteiger charge is 2.21. The van der Waals surface area contributed by atoms with Gasteiger partial charge in [-0.25, -0.2) is 4.98 Å². The smallest absolute Gasteiger partial charge is 0.253 e. The lowest BCUT2D eigenvalue weighted by molar-refractivity contribution is 0.0909. The van der Waals surface area contributed by atoms with Crippen LogP contribution in [0.4, 0.5) is 0 Å². The summed E-state index contributed by atoms with van der Waals surface area (Å²) < 4.78 is 7.05. The van der Waals surface area contributed by atoms with E-state index >= 15 is 0 Å². The van der Waals surface area contributed by atoms with Gasteiger partial charge in [-0.2, -0.15) is 0 Å². The normalized spacial score (nSPS) is 15.9. The first-order valence-corrected chi connectivity index (χ1v) is 8.06. The fourth-order valence-electron chi connectivity index (χ4n) is 2.69. The summed E-state index contributed by atoms with van der Waals surface area (Å²) in [5.41, 5.74) is 1.78. The molecule has 0 aliphatic heterocycles. The van der Waals surface area contributed by atoms with Gasteiger partial charge in [0.15, 0.2) is 0 Å². The molecule has 3 rings (SSSR count). The molecule has 5 heteroatoms. The highest BCUT2D eigenvalue weighted by Crippen LogP contribution is 2.34. The number of nitrogens with zero attached hydrogens (tertiary/aromatic N) is 2. The van der Waals surface area contributed by atoms with Gasteiger partial charge in [0.2, 0.25) is 0 Å². The highest BCUT2D eigenvalue weighted by atomic mass is 16.5. The number of aliphatic hydroxyl groups excluding tert-OH is 1. The van der Waals surface area contributed by atoms with Crippen LogP contribution in [0.1, 0.15) is 36.4 Å². The molecular weight excluding hydrogens is 292 g/mol. The molecule has 1 fully saturated rings. The van der Waals surface area contributed by atoms with E-state index in [-0.39, 0.29) is 18.7 Å². The molecule has 122 valence electrons. The average Bonchev–Trinajstić information content (AvgIpc) is 2.47. The molecule has 2 aromatic rings. The Bertz CT molecular complexity index is 722. The van der Waals surface area contributed by atoms with Crippen molar-refractivity contribution in [3.63, 3.8) is 0 Å². The zero-order valence-corrected chi connectivity index (χ0v) is 13.3. The lowest BCUT2D eigenvalue weighted by Gasteiger charge is -2.24.